The fourth-order valence-corrected chi connectivity index (χ4v) is 3.78. The van der Waals surface area contributed by atoms with E-state index in [2.05, 4.69) is 10.3 Å². The largest absolute Gasteiger partial charge is 0.378 e. The molecule has 1 fully saturated rings. The Morgan fingerprint density at radius 3 is 2.60 bits per heavy atom. The van der Waals surface area contributed by atoms with Crippen molar-refractivity contribution in [2.75, 3.05) is 31.6 Å². The second kappa shape index (κ2) is 8.23. The molecule has 4 rings (SSSR count). The summed E-state index contributed by atoms with van der Waals surface area (Å²) in [5.41, 5.74) is 2.45. The Kier molecular flexibility index (Phi) is 5.50. The molecule has 156 valence electrons. The number of nitrogens with one attached hydrogen (secondary N) is 1. The van der Waals surface area contributed by atoms with Crippen LogP contribution in [-0.4, -0.2) is 52.6 Å². The minimum Gasteiger partial charge on any atom is -0.378 e. The van der Waals surface area contributed by atoms with E-state index in [9.17, 15) is 14.0 Å². The van der Waals surface area contributed by atoms with Gasteiger partial charge in [-0.1, -0.05) is 12.1 Å². The number of carbonyl (C=O) groups excluding carboxylic acids is 2. The molecule has 2 heterocycles. The fourth-order valence-electron chi connectivity index (χ4n) is 3.78. The van der Waals surface area contributed by atoms with Gasteiger partial charge < -0.3 is 19.5 Å². The maximum absolute atomic E-state index is 14.5. The lowest BCUT2D eigenvalue weighted by Crippen LogP contribution is -2.40. The highest BCUT2D eigenvalue weighted by Gasteiger charge is 2.23. The van der Waals surface area contributed by atoms with Gasteiger partial charge in [-0.25, -0.2) is 9.37 Å². The smallest absolute Gasteiger partial charge is 0.254 e. The molecule has 0 spiro atoms. The molecule has 0 aliphatic carbocycles. The topological polar surface area (TPSA) is 76.5 Å². The number of rotatable bonds is 4. The van der Waals surface area contributed by atoms with Crippen molar-refractivity contribution in [2.45, 2.75) is 20.4 Å². The minimum absolute atomic E-state index is 0.148. The Morgan fingerprint density at radius 1 is 1.20 bits per heavy atom. The highest BCUT2D eigenvalue weighted by molar-refractivity contribution is 6.05. The van der Waals surface area contributed by atoms with Gasteiger partial charge >= 0.3 is 0 Å². The van der Waals surface area contributed by atoms with Gasteiger partial charge in [-0.2, -0.15) is 0 Å². The number of anilines is 1. The molecule has 0 atom stereocenters. The predicted molar refractivity (Wildman–Crippen MR) is 112 cm³/mol. The lowest BCUT2D eigenvalue weighted by atomic mass is 10.1. The molecule has 0 saturated carbocycles. The number of benzene rings is 2. The van der Waals surface area contributed by atoms with E-state index in [1.54, 1.807) is 35.2 Å². The Morgan fingerprint density at radius 2 is 1.93 bits per heavy atom. The monoisotopic (exact) mass is 410 g/mol. The SMILES string of the molecule is CCn1c(-c2ccccc2F)nc2cc(C(=O)N3CCOCC3)cc(NC(C)=O)c21. The van der Waals surface area contributed by atoms with Crippen molar-refractivity contribution in [1.29, 1.82) is 0 Å². The Bertz CT molecular complexity index is 1120. The molecule has 0 bridgehead atoms. The number of halogens is 1. The summed E-state index contributed by atoms with van der Waals surface area (Å²) >= 11 is 0. The molecule has 0 unspecified atom stereocenters. The van der Waals surface area contributed by atoms with Crippen molar-refractivity contribution < 1.29 is 18.7 Å². The third kappa shape index (κ3) is 3.66. The van der Waals surface area contributed by atoms with Crippen LogP contribution in [0.3, 0.4) is 0 Å². The molecule has 2 aromatic carbocycles. The number of aromatic nitrogens is 2. The third-order valence-corrected chi connectivity index (χ3v) is 5.13. The Balaban J connectivity index is 1.90. The van der Waals surface area contributed by atoms with Crippen LogP contribution >= 0.6 is 0 Å². The van der Waals surface area contributed by atoms with Crippen molar-refractivity contribution in [3.05, 3.63) is 47.8 Å². The normalized spacial score (nSPS) is 14.2. The molecular formula is C22H23FN4O3. The van der Waals surface area contributed by atoms with Crippen LogP contribution in [0, 0.1) is 5.82 Å². The second-order valence-electron chi connectivity index (χ2n) is 7.14. The van der Waals surface area contributed by atoms with Crippen LogP contribution in [0.15, 0.2) is 36.4 Å². The first kappa shape index (κ1) is 20.0. The average molecular weight is 410 g/mol. The number of ether oxygens (including phenoxy) is 1. The molecule has 1 saturated heterocycles. The molecule has 0 radical (unpaired) electrons. The molecule has 30 heavy (non-hydrogen) atoms. The number of hydrogen-bond donors (Lipinski definition) is 1. The number of nitrogens with zero attached hydrogens (tertiary/aromatic N) is 3. The zero-order chi connectivity index (χ0) is 21.3. The summed E-state index contributed by atoms with van der Waals surface area (Å²) in [4.78, 5) is 31.3. The molecule has 1 N–H and O–H groups in total. The van der Waals surface area contributed by atoms with Crippen LogP contribution in [0.4, 0.5) is 10.1 Å². The predicted octanol–water partition coefficient (Wildman–Crippen LogP) is 3.29. The van der Waals surface area contributed by atoms with Gasteiger partial charge in [0, 0.05) is 32.1 Å². The van der Waals surface area contributed by atoms with Crippen molar-refractivity contribution in [3.63, 3.8) is 0 Å². The van der Waals surface area contributed by atoms with Crippen LogP contribution in [0.1, 0.15) is 24.2 Å². The van der Waals surface area contributed by atoms with Gasteiger partial charge in [0.2, 0.25) is 5.91 Å². The van der Waals surface area contributed by atoms with Crippen molar-refractivity contribution in [1.82, 2.24) is 14.5 Å². The zero-order valence-corrected chi connectivity index (χ0v) is 16.9. The highest BCUT2D eigenvalue weighted by atomic mass is 19.1. The molecular weight excluding hydrogens is 387 g/mol. The number of aryl methyl sites for hydroxylation is 1. The quantitative estimate of drug-likeness (QED) is 0.716. The van der Waals surface area contributed by atoms with E-state index in [4.69, 9.17) is 4.74 Å². The molecule has 1 aromatic heterocycles. The summed E-state index contributed by atoms with van der Waals surface area (Å²) in [6.07, 6.45) is 0. The lowest BCUT2D eigenvalue weighted by Gasteiger charge is -2.27. The van der Waals surface area contributed by atoms with Gasteiger partial charge in [0.15, 0.2) is 0 Å². The standard InChI is InChI=1S/C22H23FN4O3/c1-3-27-20-18(24-14(2)28)12-15(22(29)26-8-10-30-11-9-26)13-19(20)25-21(27)16-6-4-5-7-17(16)23/h4-7,12-13H,3,8-11H2,1-2H3,(H,24,28). The summed E-state index contributed by atoms with van der Waals surface area (Å²) < 4.78 is 21.7. The summed E-state index contributed by atoms with van der Waals surface area (Å²) in [6.45, 7) is 5.86. The van der Waals surface area contributed by atoms with Crippen LogP contribution in [0.5, 0.6) is 0 Å². The van der Waals surface area contributed by atoms with E-state index in [0.29, 0.717) is 66.5 Å². The van der Waals surface area contributed by atoms with Gasteiger partial charge in [-0.3, -0.25) is 9.59 Å². The number of carbonyl (C=O) groups is 2. The summed E-state index contributed by atoms with van der Waals surface area (Å²) in [7, 11) is 0. The van der Waals surface area contributed by atoms with Gasteiger partial charge in [-0.15, -0.1) is 0 Å². The van der Waals surface area contributed by atoms with Crippen LogP contribution in [-0.2, 0) is 16.1 Å². The van der Waals surface area contributed by atoms with E-state index < -0.39 is 0 Å². The first-order chi connectivity index (χ1) is 14.5. The second-order valence-corrected chi connectivity index (χ2v) is 7.14. The number of imidazole rings is 1. The van der Waals surface area contributed by atoms with Crippen LogP contribution in [0.2, 0.25) is 0 Å². The molecule has 3 aromatic rings. The zero-order valence-electron chi connectivity index (χ0n) is 16.9. The minimum atomic E-state index is -0.381. The summed E-state index contributed by atoms with van der Waals surface area (Å²) in [6, 6.07) is 9.80. The lowest BCUT2D eigenvalue weighted by molar-refractivity contribution is -0.114. The number of morpholine rings is 1. The maximum Gasteiger partial charge on any atom is 0.254 e. The Labute approximate surface area is 173 Å². The first-order valence-electron chi connectivity index (χ1n) is 9.93. The molecule has 8 heteroatoms. The van der Waals surface area contributed by atoms with Gasteiger partial charge in [-0.05, 0) is 31.2 Å². The molecule has 2 amide bonds. The Hall–Kier alpha value is -3.26. The van der Waals surface area contributed by atoms with Crippen LogP contribution < -0.4 is 5.32 Å². The van der Waals surface area contributed by atoms with Gasteiger partial charge in [0.25, 0.3) is 5.91 Å². The maximum atomic E-state index is 14.5. The summed E-state index contributed by atoms with van der Waals surface area (Å²) in [5.74, 6) is -0.338. The van der Waals surface area contributed by atoms with Crippen molar-refractivity contribution in [2.24, 2.45) is 0 Å². The molecule has 7 nitrogen and oxygen atoms in total. The molecule has 1 aliphatic heterocycles. The van der Waals surface area contributed by atoms with Crippen molar-refractivity contribution >= 4 is 28.5 Å². The fraction of sp³-hybridized carbons (Fsp3) is 0.318. The number of fused-ring (bicyclic) bond motifs is 1. The van der Waals surface area contributed by atoms with Crippen LogP contribution in [0.25, 0.3) is 22.4 Å². The van der Waals surface area contributed by atoms with E-state index in [0.717, 1.165) is 0 Å². The van der Waals surface area contributed by atoms with Gasteiger partial charge in [0.05, 0.1) is 35.5 Å². The van der Waals surface area contributed by atoms with E-state index in [1.807, 2.05) is 11.5 Å². The number of hydrogen-bond acceptors (Lipinski definition) is 4. The third-order valence-electron chi connectivity index (χ3n) is 5.13. The highest BCUT2D eigenvalue weighted by Crippen LogP contribution is 2.32. The molecule has 1 aliphatic rings. The van der Waals surface area contributed by atoms with Gasteiger partial charge in [0.1, 0.15) is 11.6 Å². The van der Waals surface area contributed by atoms with E-state index >= 15 is 0 Å². The van der Waals surface area contributed by atoms with E-state index in [1.165, 1.54) is 13.0 Å². The first-order valence-corrected chi connectivity index (χ1v) is 9.93. The number of amides is 2. The summed E-state index contributed by atoms with van der Waals surface area (Å²) in [5, 5.41) is 2.81. The van der Waals surface area contributed by atoms with Crippen molar-refractivity contribution in [3.8, 4) is 11.4 Å². The average Bonchev–Trinajstić information content (AvgIpc) is 3.12. The van der Waals surface area contributed by atoms with E-state index in [-0.39, 0.29) is 17.6 Å².